The van der Waals surface area contributed by atoms with Gasteiger partial charge in [0.15, 0.2) is 12.2 Å². The van der Waals surface area contributed by atoms with E-state index in [-0.39, 0.29) is 25.7 Å². The predicted molar refractivity (Wildman–Crippen MR) is 377 cm³/mol. The van der Waals surface area contributed by atoms with E-state index in [0.717, 1.165) is 109 Å². The Kier molecular flexibility index (Phi) is 65.9. The largest absolute Gasteiger partial charge is 0.472 e. The lowest BCUT2D eigenvalue weighted by Crippen LogP contribution is -2.30. The standard InChI is InChI=1S/C74H144O17P2/c1-6-9-12-15-18-20-22-24-25-26-27-31-36-40-45-50-55-60-74(79)91-70(64-85-72(77)58-53-48-43-38-34-32-28-30-33-37-42-46-51-56-67(4)5)66-89-93(82,83)87-62-68(75)61-86-92(80,81)88-65-69(63-84-71(76)57-52-47-41-17-14-11-8-3)90-73(78)59-54-49-44-39-35-29-23-21-19-16-13-10-7-2/h67-70,75H,6-66H2,1-5H3,(H,80,81)(H,82,83)/t68-,69+,70+/m0/s1. The van der Waals surface area contributed by atoms with Gasteiger partial charge < -0.3 is 33.8 Å². The summed E-state index contributed by atoms with van der Waals surface area (Å²) in [4.78, 5) is 72.6. The van der Waals surface area contributed by atoms with Gasteiger partial charge in [-0.1, -0.05) is 336 Å². The highest BCUT2D eigenvalue weighted by Gasteiger charge is 2.30. The first kappa shape index (κ1) is 91.1. The second-order valence-electron chi connectivity index (χ2n) is 27.2. The minimum absolute atomic E-state index is 0.108. The van der Waals surface area contributed by atoms with Crippen molar-refractivity contribution in [2.24, 2.45) is 5.92 Å². The van der Waals surface area contributed by atoms with Crippen LogP contribution in [-0.2, 0) is 65.4 Å². The summed E-state index contributed by atoms with van der Waals surface area (Å²) in [6.45, 7) is 7.26. The first-order chi connectivity index (χ1) is 45.0. The molecule has 0 saturated heterocycles. The molecule has 0 radical (unpaired) electrons. The Morgan fingerprint density at radius 1 is 0.290 bits per heavy atom. The van der Waals surface area contributed by atoms with Crippen molar-refractivity contribution in [3.05, 3.63) is 0 Å². The van der Waals surface area contributed by atoms with Gasteiger partial charge in [0.05, 0.1) is 26.4 Å². The van der Waals surface area contributed by atoms with Gasteiger partial charge in [0, 0.05) is 25.7 Å². The summed E-state index contributed by atoms with van der Waals surface area (Å²) in [5.41, 5.74) is 0. The predicted octanol–water partition coefficient (Wildman–Crippen LogP) is 21.7. The van der Waals surface area contributed by atoms with Gasteiger partial charge in [0.1, 0.15) is 19.3 Å². The van der Waals surface area contributed by atoms with Crippen molar-refractivity contribution in [2.45, 2.75) is 406 Å². The maximum absolute atomic E-state index is 13.1. The number of carbonyl (C=O) groups is 4. The quantitative estimate of drug-likeness (QED) is 0.0222. The lowest BCUT2D eigenvalue weighted by Gasteiger charge is -2.21. The van der Waals surface area contributed by atoms with Gasteiger partial charge in [-0.15, -0.1) is 0 Å². The molecule has 0 fully saturated rings. The third-order valence-electron chi connectivity index (χ3n) is 17.3. The zero-order chi connectivity index (χ0) is 68.4. The highest BCUT2D eigenvalue weighted by molar-refractivity contribution is 7.47. The molecule has 93 heavy (non-hydrogen) atoms. The van der Waals surface area contributed by atoms with E-state index in [1.54, 1.807) is 0 Å². The van der Waals surface area contributed by atoms with Crippen LogP contribution in [0.5, 0.6) is 0 Å². The molecule has 0 rings (SSSR count). The van der Waals surface area contributed by atoms with Crippen LogP contribution >= 0.6 is 15.6 Å². The molecular weight excluding hydrogens is 1220 g/mol. The Bertz CT molecular complexity index is 1790. The Hall–Kier alpha value is -1.94. The van der Waals surface area contributed by atoms with Crippen LogP contribution in [0.15, 0.2) is 0 Å². The highest BCUT2D eigenvalue weighted by atomic mass is 31.2. The topological polar surface area (TPSA) is 237 Å². The average molecular weight is 1370 g/mol. The molecule has 0 aliphatic rings. The number of phosphoric acid groups is 2. The maximum Gasteiger partial charge on any atom is 0.472 e. The molecule has 17 nitrogen and oxygen atoms in total. The molecule has 19 heteroatoms. The van der Waals surface area contributed by atoms with E-state index in [1.807, 2.05) is 0 Å². The number of unbranched alkanes of at least 4 members (excludes halogenated alkanes) is 46. The molecule has 0 saturated carbocycles. The molecule has 0 aromatic carbocycles. The average Bonchev–Trinajstić information content (AvgIpc) is 3.43. The van der Waals surface area contributed by atoms with Crippen LogP contribution in [0.3, 0.4) is 0 Å². The number of ether oxygens (including phenoxy) is 4. The third-order valence-corrected chi connectivity index (χ3v) is 19.2. The van der Waals surface area contributed by atoms with E-state index in [4.69, 9.17) is 37.0 Å². The van der Waals surface area contributed by atoms with E-state index in [1.165, 1.54) is 199 Å². The molecule has 0 aliphatic carbocycles. The van der Waals surface area contributed by atoms with Gasteiger partial charge >= 0.3 is 39.5 Å². The smallest absolute Gasteiger partial charge is 0.462 e. The normalized spacial score (nSPS) is 14.0. The van der Waals surface area contributed by atoms with Crippen LogP contribution < -0.4 is 0 Å². The van der Waals surface area contributed by atoms with E-state index in [2.05, 4.69) is 34.6 Å². The van der Waals surface area contributed by atoms with Gasteiger partial charge in [-0.3, -0.25) is 37.3 Å². The lowest BCUT2D eigenvalue weighted by molar-refractivity contribution is -0.161. The minimum atomic E-state index is -4.95. The van der Waals surface area contributed by atoms with E-state index in [0.29, 0.717) is 25.7 Å². The number of rotatable bonds is 74. The van der Waals surface area contributed by atoms with Crippen molar-refractivity contribution in [3.63, 3.8) is 0 Å². The number of esters is 4. The Morgan fingerprint density at radius 3 is 0.731 bits per heavy atom. The van der Waals surface area contributed by atoms with Gasteiger partial charge in [-0.25, -0.2) is 9.13 Å². The molecule has 0 spiro atoms. The van der Waals surface area contributed by atoms with Crippen molar-refractivity contribution >= 4 is 39.5 Å². The molecule has 0 aliphatic heterocycles. The van der Waals surface area contributed by atoms with Gasteiger partial charge in [0.25, 0.3) is 0 Å². The third kappa shape index (κ3) is 68.4. The molecule has 5 atom stereocenters. The Balaban J connectivity index is 5.20. The number of phosphoric ester groups is 2. The summed E-state index contributed by atoms with van der Waals surface area (Å²) >= 11 is 0. The Labute approximate surface area is 568 Å². The van der Waals surface area contributed by atoms with E-state index >= 15 is 0 Å². The number of hydrogen-bond donors (Lipinski definition) is 3. The molecule has 552 valence electrons. The van der Waals surface area contributed by atoms with Crippen LogP contribution in [0.4, 0.5) is 0 Å². The Morgan fingerprint density at radius 2 is 0.495 bits per heavy atom. The fourth-order valence-corrected chi connectivity index (χ4v) is 12.9. The second-order valence-corrected chi connectivity index (χ2v) is 30.1. The fraction of sp³-hybridized carbons (Fsp3) is 0.946. The summed E-state index contributed by atoms with van der Waals surface area (Å²) in [6, 6.07) is 0. The molecule has 3 N–H and O–H groups in total. The highest BCUT2D eigenvalue weighted by Crippen LogP contribution is 2.45. The van der Waals surface area contributed by atoms with Crippen LogP contribution in [0.1, 0.15) is 388 Å². The fourth-order valence-electron chi connectivity index (χ4n) is 11.4. The van der Waals surface area contributed by atoms with Crippen molar-refractivity contribution in [1.82, 2.24) is 0 Å². The van der Waals surface area contributed by atoms with Gasteiger partial charge in [0.2, 0.25) is 0 Å². The van der Waals surface area contributed by atoms with Crippen molar-refractivity contribution in [1.29, 1.82) is 0 Å². The molecule has 0 bridgehead atoms. The van der Waals surface area contributed by atoms with E-state index in [9.17, 15) is 43.2 Å². The second kappa shape index (κ2) is 67.3. The minimum Gasteiger partial charge on any atom is -0.462 e. The number of aliphatic hydroxyl groups is 1. The summed E-state index contributed by atoms with van der Waals surface area (Å²) < 4.78 is 68.4. The van der Waals surface area contributed by atoms with Crippen LogP contribution in [0.25, 0.3) is 0 Å². The molecule has 0 amide bonds. The van der Waals surface area contributed by atoms with Crippen molar-refractivity contribution < 1.29 is 80.2 Å². The van der Waals surface area contributed by atoms with E-state index < -0.39 is 97.5 Å². The monoisotopic (exact) mass is 1370 g/mol. The zero-order valence-corrected chi connectivity index (χ0v) is 62.2. The molecular formula is C74H144O17P2. The lowest BCUT2D eigenvalue weighted by atomic mass is 10.0. The SMILES string of the molecule is CCCCCCCCCCCCCCCCCCCC(=O)O[C@H](COC(=O)CCCCCCCCCCCCCCCC(C)C)COP(=O)(O)OC[C@@H](O)COP(=O)(O)OC[C@@H](COC(=O)CCCCCCCCC)OC(=O)CCCCCCCCCCCCCCC. The first-order valence-corrected chi connectivity index (χ1v) is 41.6. The van der Waals surface area contributed by atoms with Crippen LogP contribution in [0, 0.1) is 5.92 Å². The van der Waals surface area contributed by atoms with Crippen molar-refractivity contribution in [2.75, 3.05) is 39.6 Å². The summed E-state index contributed by atoms with van der Waals surface area (Å²) in [5.74, 6) is -1.33. The maximum atomic E-state index is 13.1. The number of aliphatic hydroxyl groups excluding tert-OH is 1. The molecule has 0 aromatic heterocycles. The number of hydrogen-bond acceptors (Lipinski definition) is 15. The van der Waals surface area contributed by atoms with Gasteiger partial charge in [-0.2, -0.15) is 0 Å². The number of carbonyl (C=O) groups excluding carboxylic acids is 4. The first-order valence-electron chi connectivity index (χ1n) is 38.6. The van der Waals surface area contributed by atoms with Crippen LogP contribution in [-0.4, -0.2) is 96.7 Å². The van der Waals surface area contributed by atoms with Crippen LogP contribution in [0.2, 0.25) is 0 Å². The van der Waals surface area contributed by atoms with Crippen molar-refractivity contribution in [3.8, 4) is 0 Å². The summed E-state index contributed by atoms with van der Waals surface area (Å²) in [6.07, 6.45) is 55.5. The molecule has 2 unspecified atom stereocenters. The zero-order valence-electron chi connectivity index (χ0n) is 60.4. The molecule has 0 heterocycles. The molecule has 0 aromatic rings. The summed E-state index contributed by atoms with van der Waals surface area (Å²) in [5, 5.41) is 10.6. The summed E-state index contributed by atoms with van der Waals surface area (Å²) in [7, 11) is -9.90. The van der Waals surface area contributed by atoms with Gasteiger partial charge in [-0.05, 0) is 31.6 Å².